The molecular weight excluding hydrogens is 434 g/mol. The molecular formula is C25H23N5O2S. The first-order valence-electron chi connectivity index (χ1n) is 10.7. The first kappa shape index (κ1) is 21.1. The number of hydrogen-bond acceptors (Lipinski definition) is 8. The summed E-state index contributed by atoms with van der Waals surface area (Å²) in [7, 11) is 1.67. The smallest absolute Gasteiger partial charge is 0.232 e. The molecule has 1 N–H and O–H groups in total. The summed E-state index contributed by atoms with van der Waals surface area (Å²) >= 11 is 1.54. The van der Waals surface area contributed by atoms with Gasteiger partial charge in [0, 0.05) is 17.7 Å². The quantitative estimate of drug-likeness (QED) is 0.399. The zero-order valence-corrected chi connectivity index (χ0v) is 19.2. The van der Waals surface area contributed by atoms with Gasteiger partial charge in [-0.2, -0.15) is 0 Å². The fourth-order valence-electron chi connectivity index (χ4n) is 3.73. The van der Waals surface area contributed by atoms with Gasteiger partial charge in [-0.05, 0) is 48.2 Å². The Labute approximate surface area is 196 Å². The van der Waals surface area contributed by atoms with Crippen molar-refractivity contribution in [2.24, 2.45) is 0 Å². The van der Waals surface area contributed by atoms with Crippen molar-refractivity contribution in [1.82, 2.24) is 20.2 Å². The molecule has 0 amide bonds. The highest BCUT2D eigenvalue weighted by molar-refractivity contribution is 7.18. The Morgan fingerprint density at radius 1 is 1.06 bits per heavy atom. The number of methoxy groups -OCH3 is 1. The number of rotatable bonds is 8. The van der Waals surface area contributed by atoms with Crippen LogP contribution in [0.15, 0.2) is 60.9 Å². The van der Waals surface area contributed by atoms with Crippen LogP contribution < -0.4 is 14.8 Å². The minimum absolute atomic E-state index is 0.539. The van der Waals surface area contributed by atoms with Crippen molar-refractivity contribution >= 4 is 22.0 Å². The molecule has 0 spiro atoms. The number of fused-ring (bicyclic) bond motifs is 1. The second-order valence-electron chi connectivity index (χ2n) is 7.48. The summed E-state index contributed by atoms with van der Waals surface area (Å²) in [5.41, 5.74) is 6.48. The van der Waals surface area contributed by atoms with Crippen LogP contribution in [0, 0.1) is 0 Å². The predicted molar refractivity (Wildman–Crippen MR) is 130 cm³/mol. The zero-order valence-electron chi connectivity index (χ0n) is 18.4. The first-order valence-corrected chi connectivity index (χ1v) is 11.5. The maximum absolute atomic E-state index is 5.53. The molecule has 5 rings (SSSR count). The van der Waals surface area contributed by atoms with E-state index < -0.39 is 0 Å². The molecule has 2 aromatic heterocycles. The lowest BCUT2D eigenvalue weighted by atomic mass is 10.0. The molecule has 0 unspecified atom stereocenters. The lowest BCUT2D eigenvalue weighted by Crippen LogP contribution is -1.99. The average molecular weight is 458 g/mol. The number of nitrogens with one attached hydrogen (secondary N) is 1. The van der Waals surface area contributed by atoms with E-state index in [1.54, 1.807) is 19.5 Å². The van der Waals surface area contributed by atoms with Gasteiger partial charge in [-0.15, -0.1) is 10.2 Å². The van der Waals surface area contributed by atoms with Gasteiger partial charge in [0.15, 0.2) is 0 Å². The summed E-state index contributed by atoms with van der Waals surface area (Å²) in [5.74, 6) is 1.38. The van der Waals surface area contributed by atoms with Crippen molar-refractivity contribution in [3.63, 3.8) is 0 Å². The Balaban J connectivity index is 1.33. The van der Waals surface area contributed by atoms with E-state index in [0.717, 1.165) is 50.3 Å². The van der Waals surface area contributed by atoms with E-state index in [1.165, 1.54) is 16.9 Å². The average Bonchev–Trinajstić information content (AvgIpc) is 3.50. The third-order valence-electron chi connectivity index (χ3n) is 5.38. The van der Waals surface area contributed by atoms with E-state index in [9.17, 15) is 0 Å². The van der Waals surface area contributed by atoms with Gasteiger partial charge >= 0.3 is 0 Å². The van der Waals surface area contributed by atoms with E-state index in [4.69, 9.17) is 9.47 Å². The molecule has 0 radical (unpaired) electrons. The Bertz CT molecular complexity index is 1300. The summed E-state index contributed by atoms with van der Waals surface area (Å²) in [5, 5.41) is 13.7. The van der Waals surface area contributed by atoms with Gasteiger partial charge in [0.2, 0.25) is 11.0 Å². The topological polar surface area (TPSA) is 82.1 Å². The van der Waals surface area contributed by atoms with Crippen LogP contribution in [-0.4, -0.2) is 33.9 Å². The molecule has 0 aliphatic heterocycles. The van der Waals surface area contributed by atoms with E-state index in [-0.39, 0.29) is 0 Å². The van der Waals surface area contributed by atoms with Crippen molar-refractivity contribution in [2.45, 2.75) is 19.9 Å². The third-order valence-corrected chi connectivity index (χ3v) is 6.31. The van der Waals surface area contributed by atoms with Crippen molar-refractivity contribution < 1.29 is 9.47 Å². The molecule has 2 heterocycles. The highest BCUT2D eigenvalue weighted by Crippen LogP contribution is 2.36. The standard InChI is InChI=1S/C25H23N5O2S/c1-3-32-23-15-26-14-22(28-23)20-11-8-17-6-7-18(12-21(17)20)24-29-30-25(33-24)27-13-16-4-9-19(31-2)10-5-16/h4-7,9-12,14-15H,3,8,13H2,1-2H3,(H,27,30). The molecule has 0 bridgehead atoms. The lowest BCUT2D eigenvalue weighted by Gasteiger charge is -2.08. The molecule has 33 heavy (non-hydrogen) atoms. The Kier molecular flexibility index (Phi) is 5.99. The van der Waals surface area contributed by atoms with Gasteiger partial charge in [-0.25, -0.2) is 4.98 Å². The minimum Gasteiger partial charge on any atom is -0.497 e. The van der Waals surface area contributed by atoms with Crippen LogP contribution >= 0.6 is 11.3 Å². The zero-order chi connectivity index (χ0) is 22.6. The third kappa shape index (κ3) is 4.56. The summed E-state index contributed by atoms with van der Waals surface area (Å²) in [6.45, 7) is 3.17. The van der Waals surface area contributed by atoms with Gasteiger partial charge in [0.05, 0.1) is 31.8 Å². The molecule has 0 fully saturated rings. The second kappa shape index (κ2) is 9.38. The van der Waals surface area contributed by atoms with E-state index in [2.05, 4.69) is 49.8 Å². The molecule has 0 atom stereocenters. The molecule has 166 valence electrons. The molecule has 4 aromatic rings. The van der Waals surface area contributed by atoms with E-state index in [1.807, 2.05) is 31.2 Å². The Hall–Kier alpha value is -3.78. The van der Waals surface area contributed by atoms with Gasteiger partial charge in [0.1, 0.15) is 10.8 Å². The van der Waals surface area contributed by atoms with Crippen LogP contribution in [0.1, 0.15) is 29.3 Å². The van der Waals surface area contributed by atoms with Crippen LogP contribution in [0.5, 0.6) is 11.6 Å². The van der Waals surface area contributed by atoms with Gasteiger partial charge < -0.3 is 14.8 Å². The molecule has 2 aromatic carbocycles. The number of allylic oxidation sites excluding steroid dienone is 1. The normalized spacial score (nSPS) is 12.2. The Morgan fingerprint density at radius 3 is 2.76 bits per heavy atom. The number of nitrogens with zero attached hydrogens (tertiary/aromatic N) is 4. The van der Waals surface area contributed by atoms with Crippen molar-refractivity contribution in [3.05, 3.63) is 83.3 Å². The van der Waals surface area contributed by atoms with Crippen LogP contribution in [0.2, 0.25) is 0 Å². The highest BCUT2D eigenvalue weighted by Gasteiger charge is 2.19. The van der Waals surface area contributed by atoms with Crippen LogP contribution in [-0.2, 0) is 13.0 Å². The van der Waals surface area contributed by atoms with Gasteiger partial charge in [0.25, 0.3) is 0 Å². The number of anilines is 1. The minimum atomic E-state index is 0.539. The summed E-state index contributed by atoms with van der Waals surface area (Å²) in [4.78, 5) is 8.91. The molecule has 1 aliphatic rings. The van der Waals surface area contributed by atoms with Crippen LogP contribution in [0.25, 0.3) is 16.1 Å². The maximum Gasteiger partial charge on any atom is 0.232 e. The molecule has 7 nitrogen and oxygen atoms in total. The fourth-order valence-corrected chi connectivity index (χ4v) is 4.47. The van der Waals surface area contributed by atoms with E-state index >= 15 is 0 Å². The predicted octanol–water partition coefficient (Wildman–Crippen LogP) is 5.00. The molecule has 0 saturated heterocycles. The molecule has 8 heteroatoms. The molecule has 1 aliphatic carbocycles. The first-order chi connectivity index (χ1) is 16.2. The van der Waals surface area contributed by atoms with Gasteiger partial charge in [-0.3, -0.25) is 4.98 Å². The Morgan fingerprint density at radius 2 is 1.94 bits per heavy atom. The number of ether oxygens (including phenoxy) is 2. The number of hydrogen-bond donors (Lipinski definition) is 1. The van der Waals surface area contributed by atoms with Crippen molar-refractivity contribution in [1.29, 1.82) is 0 Å². The monoisotopic (exact) mass is 457 g/mol. The summed E-state index contributed by atoms with van der Waals surface area (Å²) in [6, 6.07) is 14.4. The molecule has 0 saturated carbocycles. The summed E-state index contributed by atoms with van der Waals surface area (Å²) in [6.07, 6.45) is 6.48. The number of benzene rings is 2. The van der Waals surface area contributed by atoms with Crippen molar-refractivity contribution in [3.8, 4) is 22.2 Å². The lowest BCUT2D eigenvalue weighted by molar-refractivity contribution is 0.325. The van der Waals surface area contributed by atoms with Crippen molar-refractivity contribution in [2.75, 3.05) is 19.0 Å². The van der Waals surface area contributed by atoms with Crippen LogP contribution in [0.3, 0.4) is 0 Å². The maximum atomic E-state index is 5.53. The highest BCUT2D eigenvalue weighted by atomic mass is 32.1. The van der Waals surface area contributed by atoms with E-state index in [0.29, 0.717) is 19.0 Å². The SMILES string of the molecule is CCOc1cncc(C2=CCc3ccc(-c4nnc(NCc5ccc(OC)cc5)s4)cc32)n1. The number of aromatic nitrogens is 4. The van der Waals surface area contributed by atoms with Crippen LogP contribution in [0.4, 0.5) is 5.13 Å². The van der Waals surface area contributed by atoms with Gasteiger partial charge in [-0.1, -0.05) is 41.7 Å². The second-order valence-corrected chi connectivity index (χ2v) is 8.46. The fraction of sp³-hybridized carbons (Fsp3) is 0.200. The summed E-state index contributed by atoms with van der Waals surface area (Å²) < 4.78 is 10.7. The largest absolute Gasteiger partial charge is 0.497 e.